The van der Waals surface area contributed by atoms with Crippen LogP contribution in [-0.4, -0.2) is 49.7 Å². The van der Waals surface area contributed by atoms with Gasteiger partial charge in [0, 0.05) is 38.3 Å². The van der Waals surface area contributed by atoms with Crippen molar-refractivity contribution in [3.63, 3.8) is 0 Å². The van der Waals surface area contributed by atoms with E-state index in [1.807, 2.05) is 56.9 Å². The standard InChI is InChI=1S/C23H37N5O3/c1-5-24-21(25-14-8-15-26-22(30)31-23(2,3)4)27-17-18-10-12-19(13-11-18)28-16-7-6-9-20(28)29/h10-13H,5-9,14-17H2,1-4H3,(H,26,30)(H2,24,25,27). The molecule has 0 aromatic heterocycles. The molecule has 0 aliphatic carbocycles. The number of nitrogens with zero attached hydrogens (tertiary/aromatic N) is 2. The van der Waals surface area contributed by atoms with Crippen molar-refractivity contribution in [2.75, 3.05) is 31.1 Å². The molecule has 0 spiro atoms. The van der Waals surface area contributed by atoms with E-state index in [1.165, 1.54) is 0 Å². The van der Waals surface area contributed by atoms with Crippen molar-refractivity contribution >= 4 is 23.6 Å². The molecule has 172 valence electrons. The van der Waals surface area contributed by atoms with E-state index in [-0.39, 0.29) is 5.91 Å². The van der Waals surface area contributed by atoms with Gasteiger partial charge in [-0.05, 0) is 64.7 Å². The van der Waals surface area contributed by atoms with Crippen molar-refractivity contribution in [2.45, 2.75) is 65.5 Å². The van der Waals surface area contributed by atoms with Gasteiger partial charge in [0.25, 0.3) is 0 Å². The summed E-state index contributed by atoms with van der Waals surface area (Å²) in [5, 5.41) is 9.25. The van der Waals surface area contributed by atoms with Crippen LogP contribution in [0.2, 0.25) is 0 Å². The Labute approximate surface area is 185 Å². The Hall–Kier alpha value is -2.77. The van der Waals surface area contributed by atoms with Crippen molar-refractivity contribution in [3.05, 3.63) is 29.8 Å². The number of hydrogen-bond donors (Lipinski definition) is 3. The Morgan fingerprint density at radius 1 is 1.10 bits per heavy atom. The smallest absolute Gasteiger partial charge is 0.407 e. The Bertz CT molecular complexity index is 741. The number of piperidine rings is 1. The molecule has 0 saturated carbocycles. The van der Waals surface area contributed by atoms with Gasteiger partial charge in [0.05, 0.1) is 6.54 Å². The normalized spacial score (nSPS) is 14.9. The Morgan fingerprint density at radius 3 is 2.45 bits per heavy atom. The zero-order valence-electron chi connectivity index (χ0n) is 19.3. The molecule has 31 heavy (non-hydrogen) atoms. The second kappa shape index (κ2) is 12.2. The van der Waals surface area contributed by atoms with E-state index in [2.05, 4.69) is 20.9 Å². The minimum Gasteiger partial charge on any atom is -0.444 e. The van der Waals surface area contributed by atoms with Gasteiger partial charge in [0.2, 0.25) is 5.91 Å². The number of rotatable bonds is 8. The average molecular weight is 432 g/mol. The summed E-state index contributed by atoms with van der Waals surface area (Å²) >= 11 is 0. The molecule has 8 heteroatoms. The maximum absolute atomic E-state index is 12.1. The Kier molecular flexibility index (Phi) is 9.62. The minimum atomic E-state index is -0.491. The molecule has 2 amide bonds. The molecule has 3 N–H and O–H groups in total. The predicted molar refractivity (Wildman–Crippen MR) is 124 cm³/mol. The van der Waals surface area contributed by atoms with Crippen LogP contribution in [0.5, 0.6) is 0 Å². The van der Waals surface area contributed by atoms with E-state index in [9.17, 15) is 9.59 Å². The first-order valence-electron chi connectivity index (χ1n) is 11.2. The van der Waals surface area contributed by atoms with Crippen molar-refractivity contribution < 1.29 is 14.3 Å². The maximum Gasteiger partial charge on any atom is 0.407 e. The molecular weight excluding hydrogens is 394 g/mol. The first kappa shape index (κ1) is 24.5. The Balaban J connectivity index is 1.77. The van der Waals surface area contributed by atoms with Gasteiger partial charge < -0.3 is 25.6 Å². The fraction of sp³-hybridized carbons (Fsp3) is 0.609. The van der Waals surface area contributed by atoms with Crippen molar-refractivity contribution in [3.8, 4) is 0 Å². The lowest BCUT2D eigenvalue weighted by molar-refractivity contribution is -0.119. The zero-order valence-corrected chi connectivity index (χ0v) is 19.3. The van der Waals surface area contributed by atoms with Gasteiger partial charge in [-0.25, -0.2) is 9.79 Å². The molecule has 0 atom stereocenters. The number of anilines is 1. The topological polar surface area (TPSA) is 95.1 Å². The highest BCUT2D eigenvalue weighted by molar-refractivity contribution is 5.93. The van der Waals surface area contributed by atoms with E-state index in [4.69, 9.17) is 4.74 Å². The number of benzene rings is 1. The molecule has 8 nitrogen and oxygen atoms in total. The number of guanidine groups is 1. The van der Waals surface area contributed by atoms with Crippen molar-refractivity contribution in [1.82, 2.24) is 16.0 Å². The molecular formula is C23H37N5O3. The molecule has 1 heterocycles. The van der Waals surface area contributed by atoms with E-state index in [0.717, 1.165) is 49.6 Å². The molecule has 1 aromatic rings. The number of alkyl carbamates (subject to hydrolysis) is 1. The highest BCUT2D eigenvalue weighted by Crippen LogP contribution is 2.21. The van der Waals surface area contributed by atoms with Crippen LogP contribution >= 0.6 is 0 Å². The van der Waals surface area contributed by atoms with E-state index in [0.29, 0.717) is 26.1 Å². The molecule has 1 aromatic carbocycles. The second-order valence-corrected chi connectivity index (χ2v) is 8.57. The fourth-order valence-electron chi connectivity index (χ4n) is 3.17. The molecule has 0 unspecified atom stereocenters. The Morgan fingerprint density at radius 2 is 1.81 bits per heavy atom. The summed E-state index contributed by atoms with van der Waals surface area (Å²) in [7, 11) is 0. The number of nitrogens with one attached hydrogen (secondary N) is 3. The van der Waals surface area contributed by atoms with Gasteiger partial charge in [0.15, 0.2) is 5.96 Å². The van der Waals surface area contributed by atoms with Gasteiger partial charge in [-0.3, -0.25) is 4.79 Å². The summed E-state index contributed by atoms with van der Waals surface area (Å²) in [6, 6.07) is 8.04. The SMILES string of the molecule is CCNC(=NCc1ccc(N2CCCCC2=O)cc1)NCCCNC(=O)OC(C)(C)C. The molecule has 1 fully saturated rings. The third-order valence-electron chi connectivity index (χ3n) is 4.65. The number of aliphatic imine (C=N–C) groups is 1. The van der Waals surface area contributed by atoms with Gasteiger partial charge in [-0.1, -0.05) is 12.1 Å². The molecule has 2 rings (SSSR count). The summed E-state index contributed by atoms with van der Waals surface area (Å²) in [5.41, 5.74) is 1.55. The number of carbonyl (C=O) groups is 2. The van der Waals surface area contributed by atoms with Crippen LogP contribution in [0.25, 0.3) is 0 Å². The van der Waals surface area contributed by atoms with Crippen LogP contribution in [0.4, 0.5) is 10.5 Å². The first-order chi connectivity index (χ1) is 14.8. The summed E-state index contributed by atoms with van der Waals surface area (Å²) in [6.45, 7) is 10.8. The van der Waals surface area contributed by atoms with E-state index < -0.39 is 11.7 Å². The number of ether oxygens (including phenoxy) is 1. The van der Waals surface area contributed by atoms with E-state index >= 15 is 0 Å². The highest BCUT2D eigenvalue weighted by atomic mass is 16.6. The maximum atomic E-state index is 12.1. The summed E-state index contributed by atoms with van der Waals surface area (Å²) < 4.78 is 5.22. The summed E-state index contributed by atoms with van der Waals surface area (Å²) in [5.74, 6) is 0.937. The molecule has 0 radical (unpaired) electrons. The quantitative estimate of drug-likeness (QED) is 0.334. The first-order valence-corrected chi connectivity index (χ1v) is 11.2. The van der Waals surface area contributed by atoms with Crippen LogP contribution in [0.3, 0.4) is 0 Å². The lowest BCUT2D eigenvalue weighted by Crippen LogP contribution is -2.39. The molecule has 1 aliphatic heterocycles. The largest absolute Gasteiger partial charge is 0.444 e. The van der Waals surface area contributed by atoms with Crippen LogP contribution < -0.4 is 20.9 Å². The second-order valence-electron chi connectivity index (χ2n) is 8.57. The van der Waals surface area contributed by atoms with Crippen LogP contribution in [-0.2, 0) is 16.1 Å². The monoisotopic (exact) mass is 431 g/mol. The van der Waals surface area contributed by atoms with Gasteiger partial charge in [-0.15, -0.1) is 0 Å². The summed E-state index contributed by atoms with van der Waals surface area (Å²) in [4.78, 5) is 30.2. The van der Waals surface area contributed by atoms with Gasteiger partial charge in [-0.2, -0.15) is 0 Å². The van der Waals surface area contributed by atoms with E-state index in [1.54, 1.807) is 0 Å². The van der Waals surface area contributed by atoms with Crippen LogP contribution in [0, 0.1) is 0 Å². The van der Waals surface area contributed by atoms with Crippen LogP contribution in [0.15, 0.2) is 29.3 Å². The number of hydrogen-bond acceptors (Lipinski definition) is 4. The fourth-order valence-corrected chi connectivity index (χ4v) is 3.17. The van der Waals surface area contributed by atoms with Crippen LogP contribution in [0.1, 0.15) is 58.9 Å². The number of amides is 2. The third-order valence-corrected chi connectivity index (χ3v) is 4.65. The van der Waals surface area contributed by atoms with Gasteiger partial charge >= 0.3 is 6.09 Å². The lowest BCUT2D eigenvalue weighted by atomic mass is 10.1. The van der Waals surface area contributed by atoms with Crippen molar-refractivity contribution in [1.29, 1.82) is 0 Å². The zero-order chi connectivity index (χ0) is 22.7. The van der Waals surface area contributed by atoms with Gasteiger partial charge in [0.1, 0.15) is 5.60 Å². The average Bonchev–Trinajstić information content (AvgIpc) is 2.71. The third kappa shape index (κ3) is 9.27. The lowest BCUT2D eigenvalue weighted by Gasteiger charge is -2.26. The minimum absolute atomic E-state index is 0.205. The van der Waals surface area contributed by atoms with Crippen molar-refractivity contribution in [2.24, 2.45) is 4.99 Å². The number of carbonyl (C=O) groups excluding carboxylic acids is 2. The summed E-state index contributed by atoms with van der Waals surface area (Å²) in [6.07, 6.45) is 3.03. The molecule has 1 aliphatic rings. The molecule has 0 bridgehead atoms. The highest BCUT2D eigenvalue weighted by Gasteiger charge is 2.19. The predicted octanol–water partition coefficient (Wildman–Crippen LogP) is 3.17. The molecule has 1 saturated heterocycles.